The molecule has 0 atom stereocenters. The van der Waals surface area contributed by atoms with Gasteiger partial charge in [0.2, 0.25) is 5.82 Å². The van der Waals surface area contributed by atoms with Crippen LogP contribution in [0.1, 0.15) is 0 Å². The Hall–Kier alpha value is -2.12. The van der Waals surface area contributed by atoms with Gasteiger partial charge in [0.25, 0.3) is 16.1 Å². The average molecular weight is 246 g/mol. The maximum absolute atomic E-state index is 13.0. The molecule has 0 saturated carbocycles. The minimum Gasteiger partial charge on any atom is -0.258 e. The van der Waals surface area contributed by atoms with Crippen LogP contribution in [0.2, 0.25) is 0 Å². The number of carbonyl (C=O) groups excluding carboxylic acids is 1. The third kappa shape index (κ3) is 2.10. The molecule has 9 heteroatoms. The van der Waals surface area contributed by atoms with Gasteiger partial charge in [-0.25, -0.2) is 4.79 Å². The molecule has 1 rings (SSSR count). The van der Waals surface area contributed by atoms with Gasteiger partial charge in [0.1, 0.15) is 0 Å². The van der Waals surface area contributed by atoms with Crippen molar-refractivity contribution in [2.45, 2.75) is 4.90 Å². The van der Waals surface area contributed by atoms with Gasteiger partial charge in [-0.05, 0) is 12.1 Å². The summed E-state index contributed by atoms with van der Waals surface area (Å²) in [7, 11) is -4.59. The topological polar surface area (TPSA) is 107 Å². The third-order valence-electron chi connectivity index (χ3n) is 1.57. The number of hydrogen-bond donors (Lipinski definition) is 0. The van der Waals surface area contributed by atoms with E-state index in [4.69, 9.17) is 0 Å². The monoisotopic (exact) mass is 246 g/mol. The van der Waals surface area contributed by atoms with Crippen LogP contribution < -0.4 is 0 Å². The summed E-state index contributed by atoms with van der Waals surface area (Å²) in [6.45, 7) is 0. The zero-order chi connectivity index (χ0) is 12.3. The quantitative estimate of drug-likeness (QED) is 0.338. The molecule has 1 aromatic rings. The number of nitrogens with zero attached hydrogens (tertiary/aromatic N) is 2. The van der Waals surface area contributed by atoms with Gasteiger partial charge >= 0.3 is 5.69 Å². The lowest BCUT2D eigenvalue weighted by Gasteiger charge is -1.99. The highest BCUT2D eigenvalue weighted by Gasteiger charge is 2.29. The molecule has 0 fully saturated rings. The maximum atomic E-state index is 13.0. The number of benzene rings is 1. The fourth-order valence-corrected chi connectivity index (χ4v) is 1.84. The van der Waals surface area contributed by atoms with Crippen molar-refractivity contribution in [2.24, 2.45) is 4.40 Å². The Balaban J connectivity index is 3.64. The lowest BCUT2D eigenvalue weighted by atomic mass is 10.3. The predicted molar refractivity (Wildman–Crippen MR) is 48.4 cm³/mol. The van der Waals surface area contributed by atoms with Crippen LogP contribution in [0.4, 0.5) is 10.1 Å². The first-order valence-corrected chi connectivity index (χ1v) is 5.11. The van der Waals surface area contributed by atoms with E-state index in [-0.39, 0.29) is 0 Å². The van der Waals surface area contributed by atoms with E-state index in [2.05, 4.69) is 4.40 Å². The maximum Gasteiger partial charge on any atom is 0.325 e. The van der Waals surface area contributed by atoms with E-state index in [1.165, 1.54) is 0 Å². The van der Waals surface area contributed by atoms with Gasteiger partial charge in [0.15, 0.2) is 4.90 Å². The van der Waals surface area contributed by atoms with Crippen LogP contribution in [-0.4, -0.2) is 19.4 Å². The number of halogens is 1. The lowest BCUT2D eigenvalue weighted by molar-refractivity contribution is -0.390. The van der Waals surface area contributed by atoms with Crippen LogP contribution in [0.25, 0.3) is 0 Å². The van der Waals surface area contributed by atoms with Crippen molar-refractivity contribution in [1.82, 2.24) is 0 Å². The molecule has 0 aliphatic carbocycles. The molecule has 0 unspecified atom stereocenters. The van der Waals surface area contributed by atoms with Gasteiger partial charge < -0.3 is 0 Å². The molecular formula is C7H3FN2O5S. The van der Waals surface area contributed by atoms with Crippen molar-refractivity contribution < 1.29 is 22.5 Å². The molecule has 0 amide bonds. The van der Waals surface area contributed by atoms with Crippen LogP contribution in [0.5, 0.6) is 0 Å². The van der Waals surface area contributed by atoms with Gasteiger partial charge in [-0.1, -0.05) is 10.5 Å². The first-order chi connectivity index (χ1) is 7.40. The Morgan fingerprint density at radius 2 is 2.06 bits per heavy atom. The van der Waals surface area contributed by atoms with Crippen LogP contribution >= 0.6 is 0 Å². The third-order valence-corrected chi connectivity index (χ3v) is 2.77. The standard InChI is InChI=1S/C7H3FN2O5S/c8-5-2-1-3-6(7(5)10(12)13)16(14,15)9-4-11/h1-3H. The largest absolute Gasteiger partial charge is 0.325 e. The zero-order valence-corrected chi connectivity index (χ0v) is 8.27. The molecule has 84 valence electrons. The molecule has 7 nitrogen and oxygen atoms in total. The van der Waals surface area contributed by atoms with E-state index in [9.17, 15) is 27.7 Å². The minimum atomic E-state index is -4.59. The van der Waals surface area contributed by atoms with Gasteiger partial charge in [-0.15, -0.1) is 0 Å². The highest BCUT2D eigenvalue weighted by molar-refractivity contribution is 7.90. The van der Waals surface area contributed by atoms with E-state index < -0.39 is 31.3 Å². The Kier molecular flexibility index (Phi) is 3.11. The second-order valence-electron chi connectivity index (χ2n) is 2.50. The van der Waals surface area contributed by atoms with E-state index in [0.717, 1.165) is 24.3 Å². The summed E-state index contributed by atoms with van der Waals surface area (Å²) in [4.78, 5) is 18.1. The second-order valence-corrected chi connectivity index (χ2v) is 4.07. The number of para-hydroxylation sites is 1. The molecule has 0 heterocycles. The summed E-state index contributed by atoms with van der Waals surface area (Å²) in [5.74, 6) is -1.33. The molecule has 0 N–H and O–H groups in total. The Morgan fingerprint density at radius 1 is 1.44 bits per heavy atom. The number of sulfonamides is 1. The van der Waals surface area contributed by atoms with Crippen molar-refractivity contribution in [3.05, 3.63) is 34.1 Å². The average Bonchev–Trinajstić information content (AvgIpc) is 2.16. The second kappa shape index (κ2) is 4.17. The van der Waals surface area contributed by atoms with Crippen molar-refractivity contribution in [3.63, 3.8) is 0 Å². The van der Waals surface area contributed by atoms with Gasteiger partial charge in [-0.3, -0.25) is 10.1 Å². The summed E-state index contributed by atoms with van der Waals surface area (Å²) in [6, 6.07) is 2.45. The Morgan fingerprint density at radius 3 is 2.56 bits per heavy atom. The molecule has 0 aliphatic rings. The number of isocyanates is 1. The normalized spacial score (nSPS) is 10.6. The van der Waals surface area contributed by atoms with E-state index in [1.54, 1.807) is 0 Å². The highest BCUT2D eigenvalue weighted by atomic mass is 32.2. The summed E-state index contributed by atoms with van der Waals surface area (Å²) in [5, 5.41) is 10.5. The highest BCUT2D eigenvalue weighted by Crippen LogP contribution is 2.27. The first-order valence-electron chi connectivity index (χ1n) is 3.67. The smallest absolute Gasteiger partial charge is 0.258 e. The lowest BCUT2D eigenvalue weighted by Crippen LogP contribution is -2.04. The van der Waals surface area contributed by atoms with E-state index in [1.807, 2.05) is 0 Å². The van der Waals surface area contributed by atoms with E-state index >= 15 is 0 Å². The Labute approximate surface area is 88.4 Å². The number of rotatable bonds is 3. The molecule has 0 spiro atoms. The molecule has 0 saturated heterocycles. The molecule has 0 aromatic heterocycles. The van der Waals surface area contributed by atoms with E-state index in [0.29, 0.717) is 0 Å². The molecular weight excluding hydrogens is 243 g/mol. The summed E-state index contributed by atoms with van der Waals surface area (Å²) >= 11 is 0. The van der Waals surface area contributed by atoms with Crippen molar-refractivity contribution >= 4 is 21.8 Å². The van der Waals surface area contributed by atoms with Gasteiger partial charge in [0, 0.05) is 0 Å². The summed E-state index contributed by atoms with van der Waals surface area (Å²) in [5.41, 5.74) is -1.25. The van der Waals surface area contributed by atoms with Crippen LogP contribution in [0, 0.1) is 15.9 Å². The fourth-order valence-electron chi connectivity index (χ4n) is 0.979. The minimum absolute atomic E-state index is 0.724. The van der Waals surface area contributed by atoms with Crippen molar-refractivity contribution in [1.29, 1.82) is 0 Å². The summed E-state index contributed by atoms with van der Waals surface area (Å²) in [6.07, 6.45) is 0.734. The fraction of sp³-hybridized carbons (Fsp3) is 0. The molecule has 0 radical (unpaired) electrons. The molecule has 0 aliphatic heterocycles. The van der Waals surface area contributed by atoms with Crippen molar-refractivity contribution in [2.75, 3.05) is 0 Å². The van der Waals surface area contributed by atoms with Crippen LogP contribution in [0.15, 0.2) is 27.5 Å². The van der Waals surface area contributed by atoms with Gasteiger partial charge in [0.05, 0.1) is 4.92 Å². The SMILES string of the molecule is O=C=NS(=O)(=O)c1cccc(F)c1[N+](=O)[O-]. The van der Waals surface area contributed by atoms with Gasteiger partial charge in [-0.2, -0.15) is 12.8 Å². The predicted octanol–water partition coefficient (Wildman–Crippen LogP) is 0.758. The van der Waals surface area contributed by atoms with Crippen LogP contribution in [-0.2, 0) is 14.8 Å². The Bertz CT molecular complexity index is 591. The van der Waals surface area contributed by atoms with Crippen molar-refractivity contribution in [3.8, 4) is 0 Å². The molecule has 16 heavy (non-hydrogen) atoms. The number of nitro groups is 1. The number of nitro benzene ring substituents is 1. The summed E-state index contributed by atoms with van der Waals surface area (Å²) < 4.78 is 37.9. The number of hydrogen-bond acceptors (Lipinski definition) is 5. The van der Waals surface area contributed by atoms with Crippen LogP contribution in [0.3, 0.4) is 0 Å². The first kappa shape index (κ1) is 12.0. The molecule has 1 aromatic carbocycles. The zero-order valence-electron chi connectivity index (χ0n) is 7.45. The molecule has 0 bridgehead atoms.